The van der Waals surface area contributed by atoms with Crippen molar-refractivity contribution in [1.29, 1.82) is 0 Å². The van der Waals surface area contributed by atoms with Gasteiger partial charge in [-0.2, -0.15) is 0 Å². The molecule has 1 aromatic rings. The summed E-state index contributed by atoms with van der Waals surface area (Å²) in [5.41, 5.74) is 9.39. The Kier molecular flexibility index (Phi) is 7.85. The van der Waals surface area contributed by atoms with Crippen LogP contribution in [0.3, 0.4) is 0 Å². The molecule has 4 nitrogen and oxygen atoms in total. The minimum atomic E-state index is -0.574. The van der Waals surface area contributed by atoms with E-state index in [1.54, 1.807) is 19.1 Å². The SMILES string of the molecule is CCOC(=O)CC[C@@H](N)C=C[C@@H](O)Cc1cc(C)cc(C)c1. The molecule has 0 saturated heterocycles. The van der Waals surface area contributed by atoms with E-state index in [0.29, 0.717) is 25.9 Å². The molecule has 4 heteroatoms. The molecule has 22 heavy (non-hydrogen) atoms. The van der Waals surface area contributed by atoms with Gasteiger partial charge in [-0.15, -0.1) is 0 Å². The summed E-state index contributed by atoms with van der Waals surface area (Å²) in [5.74, 6) is -0.234. The number of aliphatic hydroxyl groups excluding tert-OH is 1. The molecule has 0 heterocycles. The summed E-state index contributed by atoms with van der Waals surface area (Å²) < 4.78 is 4.85. The summed E-state index contributed by atoms with van der Waals surface area (Å²) in [6.07, 6.45) is 4.26. The number of hydrogen-bond acceptors (Lipinski definition) is 4. The maximum Gasteiger partial charge on any atom is 0.305 e. The number of aliphatic hydroxyl groups is 1. The number of carbonyl (C=O) groups is 1. The highest BCUT2D eigenvalue weighted by atomic mass is 16.5. The molecule has 122 valence electrons. The van der Waals surface area contributed by atoms with Gasteiger partial charge in [0, 0.05) is 18.9 Å². The van der Waals surface area contributed by atoms with E-state index in [-0.39, 0.29) is 12.0 Å². The standard InChI is InChI=1S/C18H27NO3/c1-4-22-18(21)8-6-16(19)5-7-17(20)12-15-10-13(2)9-14(3)11-15/h5,7,9-11,16-17,20H,4,6,8,12,19H2,1-3H3/t16-,17+/m0/s1. The first-order valence-electron chi connectivity index (χ1n) is 7.75. The van der Waals surface area contributed by atoms with Gasteiger partial charge in [0.15, 0.2) is 0 Å². The molecule has 0 fully saturated rings. The molecule has 0 aliphatic rings. The number of hydrogen-bond donors (Lipinski definition) is 2. The molecular weight excluding hydrogens is 278 g/mol. The molecule has 1 rings (SSSR count). The van der Waals surface area contributed by atoms with Gasteiger partial charge >= 0.3 is 5.97 Å². The highest BCUT2D eigenvalue weighted by Gasteiger charge is 2.07. The average molecular weight is 305 g/mol. The first-order valence-corrected chi connectivity index (χ1v) is 7.75. The Labute approximate surface area is 133 Å². The van der Waals surface area contributed by atoms with E-state index in [1.807, 2.05) is 13.8 Å². The fourth-order valence-electron chi connectivity index (χ4n) is 2.38. The maximum atomic E-state index is 11.2. The molecule has 0 bridgehead atoms. The predicted molar refractivity (Wildman–Crippen MR) is 88.6 cm³/mol. The molecule has 3 N–H and O–H groups in total. The zero-order valence-corrected chi connectivity index (χ0v) is 13.7. The van der Waals surface area contributed by atoms with Gasteiger partial charge in [-0.05, 0) is 32.8 Å². The molecule has 0 amide bonds. The largest absolute Gasteiger partial charge is 0.466 e. The lowest BCUT2D eigenvalue weighted by atomic mass is 10.0. The van der Waals surface area contributed by atoms with Crippen molar-refractivity contribution in [2.24, 2.45) is 5.73 Å². The summed E-state index contributed by atoms with van der Waals surface area (Å²) in [5, 5.41) is 10.1. The van der Waals surface area contributed by atoms with Crippen molar-refractivity contribution in [3.05, 3.63) is 47.0 Å². The quantitative estimate of drug-likeness (QED) is 0.571. The van der Waals surface area contributed by atoms with Gasteiger partial charge < -0.3 is 15.6 Å². The summed E-state index contributed by atoms with van der Waals surface area (Å²) >= 11 is 0. The van der Waals surface area contributed by atoms with Crippen LogP contribution in [0.1, 0.15) is 36.5 Å². The Hall–Kier alpha value is -1.65. The lowest BCUT2D eigenvalue weighted by Gasteiger charge is -2.10. The second-order valence-electron chi connectivity index (χ2n) is 5.66. The van der Waals surface area contributed by atoms with Crippen LogP contribution < -0.4 is 5.73 Å². The Morgan fingerprint density at radius 2 is 1.91 bits per heavy atom. The van der Waals surface area contributed by atoms with Crippen LogP contribution in [-0.4, -0.2) is 29.8 Å². The van der Waals surface area contributed by atoms with Crippen LogP contribution in [0.15, 0.2) is 30.4 Å². The van der Waals surface area contributed by atoms with Gasteiger partial charge in [0.2, 0.25) is 0 Å². The van der Waals surface area contributed by atoms with Gasteiger partial charge in [0.1, 0.15) is 0 Å². The zero-order chi connectivity index (χ0) is 16.5. The number of ether oxygens (including phenoxy) is 1. The molecule has 0 saturated carbocycles. The summed E-state index contributed by atoms with van der Waals surface area (Å²) in [6, 6.07) is 6.00. The smallest absolute Gasteiger partial charge is 0.305 e. The van der Waals surface area contributed by atoms with Gasteiger partial charge in [-0.3, -0.25) is 4.79 Å². The second kappa shape index (κ2) is 9.38. The van der Waals surface area contributed by atoms with E-state index in [9.17, 15) is 9.90 Å². The van der Waals surface area contributed by atoms with Crippen molar-refractivity contribution >= 4 is 5.97 Å². The van der Waals surface area contributed by atoms with Crippen LogP contribution in [-0.2, 0) is 16.0 Å². The van der Waals surface area contributed by atoms with Crippen LogP contribution in [0.4, 0.5) is 0 Å². The van der Waals surface area contributed by atoms with Gasteiger partial charge in [-0.1, -0.05) is 41.5 Å². The average Bonchev–Trinajstić information content (AvgIpc) is 2.42. The molecule has 0 aliphatic carbocycles. The van der Waals surface area contributed by atoms with E-state index in [1.165, 1.54) is 11.1 Å². The van der Waals surface area contributed by atoms with Crippen LogP contribution in [0.2, 0.25) is 0 Å². The molecular formula is C18H27NO3. The summed E-state index contributed by atoms with van der Waals surface area (Å²) in [4.78, 5) is 11.2. The molecule has 0 spiro atoms. The lowest BCUT2D eigenvalue weighted by Crippen LogP contribution is -2.20. The monoisotopic (exact) mass is 305 g/mol. The number of aryl methyl sites for hydroxylation is 2. The van der Waals surface area contributed by atoms with Crippen molar-refractivity contribution in [2.45, 2.75) is 52.2 Å². The maximum absolute atomic E-state index is 11.2. The fraction of sp³-hybridized carbons (Fsp3) is 0.500. The number of benzene rings is 1. The minimum Gasteiger partial charge on any atom is -0.466 e. The van der Waals surface area contributed by atoms with Crippen molar-refractivity contribution in [3.63, 3.8) is 0 Å². The Bertz CT molecular complexity index is 491. The number of nitrogens with two attached hydrogens (primary N) is 1. The molecule has 2 atom stereocenters. The number of rotatable bonds is 8. The van der Waals surface area contributed by atoms with Crippen LogP contribution in [0.25, 0.3) is 0 Å². The third kappa shape index (κ3) is 7.38. The molecule has 0 aromatic heterocycles. The van der Waals surface area contributed by atoms with Gasteiger partial charge in [0.05, 0.1) is 12.7 Å². The van der Waals surface area contributed by atoms with Crippen molar-refractivity contribution in [2.75, 3.05) is 6.61 Å². The molecule has 0 aliphatic heterocycles. The van der Waals surface area contributed by atoms with Crippen molar-refractivity contribution < 1.29 is 14.6 Å². The Balaban J connectivity index is 2.42. The Morgan fingerprint density at radius 3 is 2.50 bits per heavy atom. The Morgan fingerprint density at radius 1 is 1.27 bits per heavy atom. The van der Waals surface area contributed by atoms with Gasteiger partial charge in [0.25, 0.3) is 0 Å². The topological polar surface area (TPSA) is 72.5 Å². The first-order chi connectivity index (χ1) is 10.4. The second-order valence-corrected chi connectivity index (χ2v) is 5.66. The third-order valence-corrected chi connectivity index (χ3v) is 3.29. The molecule has 0 radical (unpaired) electrons. The van der Waals surface area contributed by atoms with Crippen LogP contribution >= 0.6 is 0 Å². The predicted octanol–water partition coefficient (Wildman–Crippen LogP) is 2.43. The normalized spacial score (nSPS) is 14.0. The van der Waals surface area contributed by atoms with E-state index in [2.05, 4.69) is 18.2 Å². The van der Waals surface area contributed by atoms with Crippen LogP contribution in [0, 0.1) is 13.8 Å². The van der Waals surface area contributed by atoms with Crippen molar-refractivity contribution in [3.8, 4) is 0 Å². The van der Waals surface area contributed by atoms with E-state index >= 15 is 0 Å². The third-order valence-electron chi connectivity index (χ3n) is 3.29. The highest BCUT2D eigenvalue weighted by Crippen LogP contribution is 2.11. The zero-order valence-electron chi connectivity index (χ0n) is 13.7. The van der Waals surface area contributed by atoms with Gasteiger partial charge in [-0.25, -0.2) is 0 Å². The van der Waals surface area contributed by atoms with E-state index < -0.39 is 6.10 Å². The molecule has 0 unspecified atom stereocenters. The summed E-state index contributed by atoms with van der Waals surface area (Å²) in [6.45, 7) is 6.26. The lowest BCUT2D eigenvalue weighted by molar-refractivity contribution is -0.143. The van der Waals surface area contributed by atoms with E-state index in [4.69, 9.17) is 10.5 Å². The minimum absolute atomic E-state index is 0.234. The van der Waals surface area contributed by atoms with Crippen molar-refractivity contribution in [1.82, 2.24) is 0 Å². The summed E-state index contributed by atoms with van der Waals surface area (Å²) in [7, 11) is 0. The molecule has 1 aromatic carbocycles. The number of esters is 1. The van der Waals surface area contributed by atoms with E-state index in [0.717, 1.165) is 5.56 Å². The first kappa shape index (κ1) is 18.4. The van der Waals surface area contributed by atoms with Crippen LogP contribution in [0.5, 0.6) is 0 Å². The fourth-order valence-corrected chi connectivity index (χ4v) is 2.38. The highest BCUT2D eigenvalue weighted by molar-refractivity contribution is 5.69. The number of carbonyl (C=O) groups excluding carboxylic acids is 1.